The molecule has 1 heterocycles. The molecule has 3 N–H and O–H groups in total. The lowest BCUT2D eigenvalue weighted by Crippen LogP contribution is -2.49. The number of carbonyl (C=O) groups excluding carboxylic acids is 1. The Labute approximate surface area is 119 Å². The molecule has 2 unspecified atom stereocenters. The third-order valence-electron chi connectivity index (χ3n) is 3.50. The van der Waals surface area contributed by atoms with Crippen molar-refractivity contribution < 1.29 is 14.6 Å². The molecule has 110 valence electrons. The number of carbonyl (C=O) groups is 1. The maximum atomic E-state index is 11.6. The Hall–Kier alpha value is -1.59. The van der Waals surface area contributed by atoms with Gasteiger partial charge in [-0.1, -0.05) is 36.8 Å². The number of aliphatic hydroxyl groups is 1. The zero-order valence-electron chi connectivity index (χ0n) is 11.5. The second-order valence-corrected chi connectivity index (χ2v) is 5.12. The van der Waals surface area contributed by atoms with Crippen LogP contribution in [-0.2, 0) is 11.3 Å². The first kappa shape index (κ1) is 14.8. The van der Waals surface area contributed by atoms with Crippen molar-refractivity contribution in [3.63, 3.8) is 0 Å². The highest BCUT2D eigenvalue weighted by Gasteiger charge is 2.20. The fourth-order valence-electron chi connectivity index (χ4n) is 2.40. The molecule has 1 amide bonds. The van der Waals surface area contributed by atoms with E-state index in [2.05, 4.69) is 10.6 Å². The molecule has 0 aromatic heterocycles. The third-order valence-corrected chi connectivity index (χ3v) is 3.50. The van der Waals surface area contributed by atoms with Crippen LogP contribution in [0.5, 0.6) is 0 Å². The van der Waals surface area contributed by atoms with Crippen LogP contribution in [0.1, 0.15) is 24.8 Å². The summed E-state index contributed by atoms with van der Waals surface area (Å²) < 4.78 is 5.15. The van der Waals surface area contributed by atoms with Gasteiger partial charge in [-0.15, -0.1) is 0 Å². The number of ether oxygens (including phenoxy) is 1. The Morgan fingerprint density at radius 3 is 2.80 bits per heavy atom. The summed E-state index contributed by atoms with van der Waals surface area (Å²) in [5.74, 6) is 0. The van der Waals surface area contributed by atoms with Gasteiger partial charge in [-0.05, 0) is 18.4 Å². The molecule has 1 fully saturated rings. The van der Waals surface area contributed by atoms with Gasteiger partial charge in [-0.3, -0.25) is 0 Å². The van der Waals surface area contributed by atoms with Gasteiger partial charge in [0.1, 0.15) is 6.61 Å². The lowest BCUT2D eigenvalue weighted by Gasteiger charge is -2.29. The van der Waals surface area contributed by atoms with Gasteiger partial charge < -0.3 is 20.5 Å². The zero-order valence-corrected chi connectivity index (χ0v) is 11.5. The number of hydrogen-bond acceptors (Lipinski definition) is 4. The van der Waals surface area contributed by atoms with Crippen molar-refractivity contribution in [2.75, 3.05) is 13.2 Å². The van der Waals surface area contributed by atoms with Gasteiger partial charge in [0.2, 0.25) is 0 Å². The maximum absolute atomic E-state index is 11.6. The fraction of sp³-hybridized carbons (Fsp3) is 0.533. The van der Waals surface area contributed by atoms with Gasteiger partial charge in [-0.25, -0.2) is 4.79 Å². The van der Waals surface area contributed by atoms with Gasteiger partial charge >= 0.3 is 6.09 Å². The van der Waals surface area contributed by atoms with Gasteiger partial charge in [-0.2, -0.15) is 0 Å². The van der Waals surface area contributed by atoms with Crippen LogP contribution < -0.4 is 10.6 Å². The second-order valence-electron chi connectivity index (χ2n) is 5.12. The lowest BCUT2D eigenvalue weighted by atomic mass is 9.99. The van der Waals surface area contributed by atoms with Gasteiger partial charge in [0.25, 0.3) is 0 Å². The van der Waals surface area contributed by atoms with E-state index in [4.69, 9.17) is 9.84 Å². The molecular formula is C15H22N2O3. The first-order chi connectivity index (χ1) is 9.78. The summed E-state index contributed by atoms with van der Waals surface area (Å²) in [6, 6.07) is 9.95. The quantitative estimate of drug-likeness (QED) is 0.762. The highest BCUT2D eigenvalue weighted by atomic mass is 16.5. The van der Waals surface area contributed by atoms with E-state index in [0.29, 0.717) is 6.54 Å². The summed E-state index contributed by atoms with van der Waals surface area (Å²) >= 11 is 0. The number of nitrogens with one attached hydrogen (secondary N) is 2. The summed E-state index contributed by atoms with van der Waals surface area (Å²) in [5, 5.41) is 15.2. The summed E-state index contributed by atoms with van der Waals surface area (Å²) in [6.45, 7) is 0.961. The first-order valence-corrected chi connectivity index (χ1v) is 7.09. The number of amides is 1. The minimum absolute atomic E-state index is 0.148. The number of benzene rings is 1. The molecule has 1 aromatic rings. The second kappa shape index (κ2) is 7.87. The van der Waals surface area contributed by atoms with Crippen molar-refractivity contribution in [3.05, 3.63) is 35.9 Å². The largest absolute Gasteiger partial charge is 0.445 e. The third kappa shape index (κ3) is 4.83. The van der Waals surface area contributed by atoms with Crippen LogP contribution in [0.2, 0.25) is 0 Å². The Morgan fingerprint density at radius 1 is 1.30 bits per heavy atom. The van der Waals surface area contributed by atoms with E-state index < -0.39 is 6.09 Å². The van der Waals surface area contributed by atoms with Crippen LogP contribution in [-0.4, -0.2) is 36.4 Å². The molecule has 20 heavy (non-hydrogen) atoms. The van der Waals surface area contributed by atoms with E-state index in [1.54, 1.807) is 0 Å². The molecule has 0 radical (unpaired) electrons. The van der Waals surface area contributed by atoms with E-state index in [-0.39, 0.29) is 25.3 Å². The van der Waals surface area contributed by atoms with Crippen molar-refractivity contribution in [1.82, 2.24) is 10.6 Å². The summed E-state index contributed by atoms with van der Waals surface area (Å²) in [5.41, 5.74) is 0.971. The topological polar surface area (TPSA) is 70.6 Å². The summed E-state index contributed by atoms with van der Waals surface area (Å²) in [7, 11) is 0. The number of rotatable bonds is 5. The van der Waals surface area contributed by atoms with Gasteiger partial charge in [0.15, 0.2) is 0 Å². The number of alkyl carbamates (subject to hydrolysis) is 1. The summed E-state index contributed by atoms with van der Waals surface area (Å²) in [6.07, 6.45) is 2.67. The van der Waals surface area contributed by atoms with E-state index in [1.165, 1.54) is 0 Å². The summed E-state index contributed by atoms with van der Waals surface area (Å²) in [4.78, 5) is 11.6. The number of piperidine rings is 1. The first-order valence-electron chi connectivity index (χ1n) is 7.09. The van der Waals surface area contributed by atoms with Crippen molar-refractivity contribution in [2.45, 2.75) is 38.0 Å². The molecule has 2 atom stereocenters. The molecule has 5 heteroatoms. The van der Waals surface area contributed by atoms with E-state index in [0.717, 1.165) is 24.8 Å². The Bertz CT molecular complexity index is 411. The molecule has 1 aliphatic rings. The minimum atomic E-state index is -0.401. The monoisotopic (exact) mass is 278 g/mol. The molecule has 0 bridgehead atoms. The Balaban J connectivity index is 1.65. The van der Waals surface area contributed by atoms with Crippen molar-refractivity contribution in [1.29, 1.82) is 0 Å². The fourth-order valence-corrected chi connectivity index (χ4v) is 2.40. The predicted octanol–water partition coefficient (Wildman–Crippen LogP) is 1.42. The van der Waals surface area contributed by atoms with Gasteiger partial charge in [0, 0.05) is 18.6 Å². The standard InChI is InChI=1S/C15H22N2O3/c18-10-14-8-4-7-13(17-14)9-16-15(19)20-11-12-5-2-1-3-6-12/h1-3,5-6,13-14,17-18H,4,7-11H2,(H,16,19). The van der Waals surface area contributed by atoms with Crippen molar-refractivity contribution in [2.24, 2.45) is 0 Å². The average molecular weight is 278 g/mol. The lowest BCUT2D eigenvalue weighted by molar-refractivity contribution is 0.136. The molecule has 0 aliphatic carbocycles. The molecule has 5 nitrogen and oxygen atoms in total. The van der Waals surface area contributed by atoms with Crippen LogP contribution >= 0.6 is 0 Å². The molecule has 1 aliphatic heterocycles. The smallest absolute Gasteiger partial charge is 0.407 e. The van der Waals surface area contributed by atoms with Gasteiger partial charge in [0.05, 0.1) is 6.61 Å². The minimum Gasteiger partial charge on any atom is -0.445 e. The molecular weight excluding hydrogens is 256 g/mol. The molecule has 2 rings (SSSR count). The Kier molecular flexibility index (Phi) is 5.83. The van der Waals surface area contributed by atoms with E-state index in [9.17, 15) is 4.79 Å². The van der Waals surface area contributed by atoms with Crippen molar-refractivity contribution >= 4 is 6.09 Å². The number of hydrogen-bond donors (Lipinski definition) is 3. The normalized spacial score (nSPS) is 22.2. The van der Waals surface area contributed by atoms with Crippen molar-refractivity contribution in [3.8, 4) is 0 Å². The highest BCUT2D eigenvalue weighted by molar-refractivity contribution is 5.67. The molecule has 0 saturated carbocycles. The maximum Gasteiger partial charge on any atom is 0.407 e. The Morgan fingerprint density at radius 2 is 2.05 bits per heavy atom. The molecule has 1 aromatic carbocycles. The van der Waals surface area contributed by atoms with Crippen LogP contribution in [0, 0.1) is 0 Å². The van der Waals surface area contributed by atoms with Crippen LogP contribution in [0.15, 0.2) is 30.3 Å². The van der Waals surface area contributed by atoms with Crippen LogP contribution in [0.3, 0.4) is 0 Å². The highest BCUT2D eigenvalue weighted by Crippen LogP contribution is 2.11. The average Bonchev–Trinajstić information content (AvgIpc) is 2.52. The predicted molar refractivity (Wildman–Crippen MR) is 76.3 cm³/mol. The molecule has 1 saturated heterocycles. The van der Waals surface area contributed by atoms with Crippen LogP contribution in [0.25, 0.3) is 0 Å². The van der Waals surface area contributed by atoms with E-state index in [1.807, 2.05) is 30.3 Å². The van der Waals surface area contributed by atoms with Crippen LogP contribution in [0.4, 0.5) is 4.79 Å². The number of aliphatic hydroxyl groups excluding tert-OH is 1. The van der Waals surface area contributed by atoms with E-state index >= 15 is 0 Å². The zero-order chi connectivity index (χ0) is 14.2. The molecule has 0 spiro atoms. The SMILES string of the molecule is O=C(NCC1CCCC(CO)N1)OCc1ccccc1.